The Morgan fingerprint density at radius 2 is 2.00 bits per heavy atom. The van der Waals surface area contributed by atoms with Crippen molar-refractivity contribution in [2.45, 2.75) is 15.9 Å². The highest BCUT2D eigenvalue weighted by atomic mass is 35.5. The quantitative estimate of drug-likeness (QED) is 0.600. The van der Waals surface area contributed by atoms with Gasteiger partial charge in [0.25, 0.3) is 10.0 Å². The fraction of sp³-hybridized carbons (Fsp3) is 0.167. The van der Waals surface area contributed by atoms with Crippen LogP contribution in [0.1, 0.15) is 6.42 Å². The van der Waals surface area contributed by atoms with Crippen LogP contribution in [0.25, 0.3) is 0 Å². The van der Waals surface area contributed by atoms with Crippen molar-refractivity contribution in [2.75, 3.05) is 11.9 Å². The summed E-state index contributed by atoms with van der Waals surface area (Å²) in [5.74, 6) is -1.36. The minimum absolute atomic E-state index is 0.0380. The molecule has 0 bridgehead atoms. The molecule has 0 spiro atoms. The van der Waals surface area contributed by atoms with Gasteiger partial charge in [0.15, 0.2) is 5.17 Å². The Morgan fingerprint density at radius 1 is 1.30 bits per heavy atom. The second-order valence-electron chi connectivity index (χ2n) is 6.01. The van der Waals surface area contributed by atoms with Gasteiger partial charge in [-0.25, -0.2) is 4.39 Å². The van der Waals surface area contributed by atoms with Crippen molar-refractivity contribution < 1.29 is 22.4 Å². The van der Waals surface area contributed by atoms with Crippen LogP contribution in [0.15, 0.2) is 57.7 Å². The fourth-order valence-corrected chi connectivity index (χ4v) is 6.33. The molecule has 7 nitrogen and oxygen atoms in total. The molecule has 1 fully saturated rings. The first kappa shape index (κ1) is 22.5. The smallest absolute Gasteiger partial charge is 0.294 e. The molecule has 0 saturated carbocycles. The number of amidine groups is 1. The number of nitrogens with zero attached hydrogens (tertiary/aromatic N) is 2. The minimum atomic E-state index is -4.07. The van der Waals surface area contributed by atoms with E-state index in [2.05, 4.69) is 16.3 Å². The third-order valence-corrected chi connectivity index (χ3v) is 8.09. The van der Waals surface area contributed by atoms with Crippen molar-refractivity contribution in [3.05, 3.63) is 59.2 Å². The lowest BCUT2D eigenvalue weighted by atomic mass is 10.2. The van der Waals surface area contributed by atoms with Gasteiger partial charge in [0, 0.05) is 18.7 Å². The number of anilines is 1. The zero-order valence-electron chi connectivity index (χ0n) is 15.2. The normalized spacial score (nSPS) is 18.1. The summed E-state index contributed by atoms with van der Waals surface area (Å²) in [4.78, 5) is 26.2. The Kier molecular flexibility index (Phi) is 6.96. The molecule has 1 atom stereocenters. The van der Waals surface area contributed by atoms with Crippen LogP contribution in [0.4, 0.5) is 10.1 Å². The van der Waals surface area contributed by atoms with E-state index >= 15 is 0 Å². The van der Waals surface area contributed by atoms with Gasteiger partial charge in [0.1, 0.15) is 15.3 Å². The van der Waals surface area contributed by atoms with Crippen molar-refractivity contribution >= 4 is 67.4 Å². The molecule has 0 aliphatic carbocycles. The van der Waals surface area contributed by atoms with E-state index in [0.717, 1.165) is 23.1 Å². The van der Waals surface area contributed by atoms with Crippen LogP contribution in [0.2, 0.25) is 4.34 Å². The molecule has 3 rings (SSSR count). The topological polar surface area (TPSA) is 95.9 Å². The van der Waals surface area contributed by atoms with Crippen LogP contribution < -0.4 is 5.32 Å². The van der Waals surface area contributed by atoms with Crippen LogP contribution >= 0.6 is 34.7 Å². The molecular weight excluding hydrogens is 473 g/mol. The highest BCUT2D eigenvalue weighted by molar-refractivity contribution is 8.16. The second-order valence-corrected chi connectivity index (χ2v) is 10.7. The first-order chi connectivity index (χ1) is 14.2. The van der Waals surface area contributed by atoms with Gasteiger partial charge < -0.3 is 5.32 Å². The van der Waals surface area contributed by atoms with E-state index < -0.39 is 32.9 Å². The van der Waals surface area contributed by atoms with Gasteiger partial charge in [0.05, 0.1) is 4.34 Å². The van der Waals surface area contributed by atoms with Gasteiger partial charge in [-0.05, 0) is 36.4 Å². The molecule has 1 aliphatic heterocycles. The summed E-state index contributed by atoms with van der Waals surface area (Å²) in [7, 11) is -4.07. The van der Waals surface area contributed by atoms with E-state index in [1.807, 2.05) is 0 Å². The van der Waals surface area contributed by atoms with E-state index in [4.69, 9.17) is 11.6 Å². The SMILES string of the molecule is C=CCN1C(=O)C(CC(=O)Nc2ccc(F)cc2)S/C1=N/S(=O)(=O)c1ccc(Cl)s1. The van der Waals surface area contributed by atoms with E-state index in [1.54, 1.807) is 0 Å². The number of thioether (sulfide) groups is 1. The lowest BCUT2D eigenvalue weighted by molar-refractivity contribution is -0.127. The van der Waals surface area contributed by atoms with Crippen molar-refractivity contribution in [3.63, 3.8) is 0 Å². The van der Waals surface area contributed by atoms with Gasteiger partial charge in [-0.1, -0.05) is 29.4 Å². The summed E-state index contributed by atoms with van der Waals surface area (Å²) in [5, 5.41) is 1.68. The molecule has 1 N–H and O–H groups in total. The number of carbonyl (C=O) groups excluding carboxylic acids is 2. The monoisotopic (exact) mass is 487 g/mol. The number of amides is 2. The van der Waals surface area contributed by atoms with Crippen molar-refractivity contribution in [3.8, 4) is 0 Å². The molecule has 12 heteroatoms. The first-order valence-corrected chi connectivity index (χ1v) is 12.0. The Hall–Kier alpha value is -2.21. The molecule has 1 aromatic carbocycles. The molecular formula is C18H15ClFN3O4S3. The van der Waals surface area contributed by atoms with Crippen LogP contribution in [-0.2, 0) is 19.6 Å². The number of hydrogen-bond acceptors (Lipinski definition) is 6. The lowest BCUT2D eigenvalue weighted by Crippen LogP contribution is -2.33. The van der Waals surface area contributed by atoms with Crippen LogP contribution in [0, 0.1) is 5.82 Å². The van der Waals surface area contributed by atoms with Crippen LogP contribution in [0.3, 0.4) is 0 Å². The van der Waals surface area contributed by atoms with Crippen LogP contribution in [0.5, 0.6) is 0 Å². The number of hydrogen-bond donors (Lipinski definition) is 1. The van der Waals surface area contributed by atoms with Crippen molar-refractivity contribution in [2.24, 2.45) is 4.40 Å². The Bertz CT molecular complexity index is 1120. The predicted octanol–water partition coefficient (Wildman–Crippen LogP) is 3.74. The standard InChI is InChI=1S/C18H15ClFN3O4S3/c1-2-9-23-17(25)13(10-15(24)21-12-5-3-11(20)4-6-12)28-18(23)22-30(26,27)16-8-7-14(19)29-16/h2-8,13H,1,9-10H2,(H,21,24)/b22-18+. The summed E-state index contributed by atoms with van der Waals surface area (Å²) >= 11 is 7.54. The molecule has 1 saturated heterocycles. The number of carbonyl (C=O) groups is 2. The summed E-state index contributed by atoms with van der Waals surface area (Å²) < 4.78 is 42.1. The molecule has 30 heavy (non-hydrogen) atoms. The number of rotatable bonds is 7. The number of nitrogens with one attached hydrogen (secondary N) is 1. The molecule has 1 aliphatic rings. The maximum Gasteiger partial charge on any atom is 0.294 e. The minimum Gasteiger partial charge on any atom is -0.326 e. The molecule has 2 heterocycles. The van der Waals surface area contributed by atoms with Gasteiger partial charge in [0.2, 0.25) is 11.8 Å². The molecule has 158 valence electrons. The molecule has 2 aromatic rings. The zero-order valence-corrected chi connectivity index (χ0v) is 18.5. The largest absolute Gasteiger partial charge is 0.326 e. The molecule has 2 amide bonds. The number of benzene rings is 1. The van der Waals surface area contributed by atoms with Gasteiger partial charge in [-0.2, -0.15) is 8.42 Å². The maximum absolute atomic E-state index is 13.0. The second kappa shape index (κ2) is 9.29. The number of thiophene rings is 1. The van der Waals surface area contributed by atoms with Gasteiger partial charge in [-0.3, -0.25) is 14.5 Å². The summed E-state index contributed by atoms with van der Waals surface area (Å²) in [6, 6.07) is 7.96. The summed E-state index contributed by atoms with van der Waals surface area (Å²) in [6.07, 6.45) is 1.22. The number of sulfonamides is 1. The van der Waals surface area contributed by atoms with E-state index in [1.165, 1.54) is 47.4 Å². The highest BCUT2D eigenvalue weighted by Crippen LogP contribution is 2.33. The first-order valence-electron chi connectivity index (χ1n) is 8.44. The third-order valence-electron chi connectivity index (χ3n) is 3.83. The number of halogens is 2. The lowest BCUT2D eigenvalue weighted by Gasteiger charge is -2.13. The average molecular weight is 488 g/mol. The Balaban J connectivity index is 1.77. The zero-order chi connectivity index (χ0) is 21.9. The fourth-order valence-electron chi connectivity index (χ4n) is 2.50. The molecule has 1 aromatic heterocycles. The Labute approximate surface area is 185 Å². The molecule has 1 unspecified atom stereocenters. The van der Waals surface area contributed by atoms with E-state index in [-0.39, 0.29) is 22.3 Å². The van der Waals surface area contributed by atoms with Crippen LogP contribution in [-0.4, -0.2) is 42.1 Å². The third kappa shape index (κ3) is 5.28. The van der Waals surface area contributed by atoms with Gasteiger partial charge >= 0.3 is 0 Å². The average Bonchev–Trinajstić information content (AvgIpc) is 3.23. The van der Waals surface area contributed by atoms with Gasteiger partial charge in [-0.15, -0.1) is 22.3 Å². The summed E-state index contributed by atoms with van der Waals surface area (Å²) in [5.41, 5.74) is 0.380. The predicted molar refractivity (Wildman–Crippen MR) is 117 cm³/mol. The Morgan fingerprint density at radius 3 is 2.60 bits per heavy atom. The van der Waals surface area contributed by atoms with E-state index in [0.29, 0.717) is 10.0 Å². The highest BCUT2D eigenvalue weighted by Gasteiger charge is 2.39. The maximum atomic E-state index is 13.0. The summed E-state index contributed by atoms with van der Waals surface area (Å²) in [6.45, 7) is 3.61. The van der Waals surface area contributed by atoms with E-state index in [9.17, 15) is 22.4 Å². The molecule has 0 radical (unpaired) electrons. The van der Waals surface area contributed by atoms with Crippen molar-refractivity contribution in [1.29, 1.82) is 0 Å². The van der Waals surface area contributed by atoms with Crippen molar-refractivity contribution in [1.82, 2.24) is 4.90 Å².